The molecule has 0 spiro atoms. The topological polar surface area (TPSA) is 54.2 Å². The zero-order valence-electron chi connectivity index (χ0n) is 12.2. The lowest BCUT2D eigenvalue weighted by molar-refractivity contribution is 0.282. The first-order valence-electron chi connectivity index (χ1n) is 6.86. The van der Waals surface area contributed by atoms with Crippen molar-refractivity contribution in [1.82, 2.24) is 14.5 Å². The highest BCUT2D eigenvalue weighted by Gasteiger charge is 2.12. The van der Waals surface area contributed by atoms with Gasteiger partial charge in [0.1, 0.15) is 11.6 Å². The normalized spacial score (nSPS) is 11.0. The van der Waals surface area contributed by atoms with Gasteiger partial charge in [-0.1, -0.05) is 18.2 Å². The summed E-state index contributed by atoms with van der Waals surface area (Å²) in [5.41, 5.74) is 1.75. The van der Waals surface area contributed by atoms with E-state index in [1.165, 1.54) is 0 Å². The maximum atomic E-state index is 9.62. The number of aliphatic hydroxyl groups is 1. The Kier molecular flexibility index (Phi) is 3.58. The van der Waals surface area contributed by atoms with Crippen molar-refractivity contribution < 1.29 is 5.11 Å². The molecule has 0 aliphatic rings. The summed E-state index contributed by atoms with van der Waals surface area (Å²) in [5.74, 6) is 1.75. The fourth-order valence-electron chi connectivity index (χ4n) is 2.43. The summed E-state index contributed by atoms with van der Waals surface area (Å²) in [5, 5.41) is 10.7. The summed E-state index contributed by atoms with van der Waals surface area (Å²) < 4.78 is 1.98. The standard InChI is InChI=1S/C16H18N4O/c1-19-8-7-17-15(19)10-20(2)16-13(11-21)9-12-5-3-4-6-14(12)18-16/h3-9,21H,10-11H2,1-2H3. The average molecular weight is 282 g/mol. The van der Waals surface area contributed by atoms with E-state index in [2.05, 4.69) is 9.97 Å². The summed E-state index contributed by atoms with van der Waals surface area (Å²) in [6.07, 6.45) is 3.70. The first kappa shape index (κ1) is 13.6. The zero-order chi connectivity index (χ0) is 14.8. The summed E-state index contributed by atoms with van der Waals surface area (Å²) >= 11 is 0. The third-order valence-corrected chi connectivity index (χ3v) is 3.61. The van der Waals surface area contributed by atoms with Crippen LogP contribution in [0.3, 0.4) is 0 Å². The van der Waals surface area contributed by atoms with E-state index < -0.39 is 0 Å². The molecule has 0 unspecified atom stereocenters. The van der Waals surface area contributed by atoms with Crippen LogP contribution in [0, 0.1) is 0 Å². The van der Waals surface area contributed by atoms with Crippen LogP contribution in [0.1, 0.15) is 11.4 Å². The lowest BCUT2D eigenvalue weighted by atomic mass is 10.1. The van der Waals surface area contributed by atoms with Crippen molar-refractivity contribution in [2.75, 3.05) is 11.9 Å². The van der Waals surface area contributed by atoms with Crippen molar-refractivity contribution in [2.45, 2.75) is 13.2 Å². The third kappa shape index (κ3) is 2.60. The van der Waals surface area contributed by atoms with Crippen LogP contribution in [-0.2, 0) is 20.2 Å². The first-order valence-corrected chi connectivity index (χ1v) is 6.86. The van der Waals surface area contributed by atoms with E-state index in [4.69, 9.17) is 0 Å². The Morgan fingerprint density at radius 1 is 1.29 bits per heavy atom. The highest BCUT2D eigenvalue weighted by molar-refractivity contribution is 5.81. The van der Waals surface area contributed by atoms with Gasteiger partial charge in [-0.3, -0.25) is 0 Å². The highest BCUT2D eigenvalue weighted by Crippen LogP contribution is 2.23. The molecule has 1 N–H and O–H groups in total. The number of fused-ring (bicyclic) bond motifs is 1. The fraction of sp³-hybridized carbons (Fsp3) is 0.250. The van der Waals surface area contributed by atoms with Gasteiger partial charge in [0.25, 0.3) is 0 Å². The molecule has 0 amide bonds. The Balaban J connectivity index is 2.00. The van der Waals surface area contributed by atoms with Gasteiger partial charge in [-0.25, -0.2) is 9.97 Å². The molecule has 0 saturated heterocycles. The number of aliphatic hydroxyl groups excluding tert-OH is 1. The first-order chi connectivity index (χ1) is 10.2. The van der Waals surface area contributed by atoms with Gasteiger partial charge < -0.3 is 14.6 Å². The van der Waals surface area contributed by atoms with E-state index >= 15 is 0 Å². The molecule has 0 atom stereocenters. The second-order valence-electron chi connectivity index (χ2n) is 5.13. The average Bonchev–Trinajstić information content (AvgIpc) is 2.91. The van der Waals surface area contributed by atoms with Crippen molar-refractivity contribution in [3.05, 3.63) is 54.1 Å². The molecule has 0 saturated carbocycles. The molecule has 5 heteroatoms. The number of hydrogen-bond donors (Lipinski definition) is 1. The molecule has 2 heterocycles. The van der Waals surface area contributed by atoms with Gasteiger partial charge in [-0.05, 0) is 12.1 Å². The van der Waals surface area contributed by atoms with Crippen LogP contribution < -0.4 is 4.90 Å². The second-order valence-corrected chi connectivity index (χ2v) is 5.13. The minimum absolute atomic E-state index is 0.0297. The predicted octanol–water partition coefficient (Wildman–Crippen LogP) is 2.10. The van der Waals surface area contributed by atoms with E-state index in [0.29, 0.717) is 6.54 Å². The fourth-order valence-corrected chi connectivity index (χ4v) is 2.43. The van der Waals surface area contributed by atoms with Gasteiger partial charge in [0.05, 0.1) is 18.7 Å². The van der Waals surface area contributed by atoms with Gasteiger partial charge in [0, 0.05) is 37.4 Å². The van der Waals surface area contributed by atoms with Crippen molar-refractivity contribution in [1.29, 1.82) is 0 Å². The zero-order valence-corrected chi connectivity index (χ0v) is 12.2. The molecule has 5 nitrogen and oxygen atoms in total. The second kappa shape index (κ2) is 5.54. The molecular weight excluding hydrogens is 264 g/mol. The van der Waals surface area contributed by atoms with Crippen molar-refractivity contribution in [3.8, 4) is 0 Å². The predicted molar refractivity (Wildman–Crippen MR) is 83.0 cm³/mol. The maximum absolute atomic E-state index is 9.62. The van der Waals surface area contributed by atoms with E-state index in [9.17, 15) is 5.11 Å². The molecular formula is C16H18N4O. The summed E-state index contributed by atoms with van der Waals surface area (Å²) in [6.45, 7) is 0.611. The Bertz CT molecular complexity index is 766. The monoisotopic (exact) mass is 282 g/mol. The number of anilines is 1. The van der Waals surface area contributed by atoms with E-state index in [1.54, 1.807) is 6.20 Å². The van der Waals surface area contributed by atoms with Crippen molar-refractivity contribution in [2.24, 2.45) is 7.05 Å². The maximum Gasteiger partial charge on any atom is 0.134 e. The van der Waals surface area contributed by atoms with Crippen LogP contribution in [0.15, 0.2) is 42.7 Å². The number of pyridine rings is 1. The largest absolute Gasteiger partial charge is 0.392 e. The summed E-state index contributed by atoms with van der Waals surface area (Å²) in [4.78, 5) is 11.0. The van der Waals surface area contributed by atoms with E-state index in [0.717, 1.165) is 28.1 Å². The van der Waals surface area contributed by atoms with Crippen molar-refractivity contribution >= 4 is 16.7 Å². The smallest absolute Gasteiger partial charge is 0.134 e. The van der Waals surface area contributed by atoms with Crippen LogP contribution >= 0.6 is 0 Å². The van der Waals surface area contributed by atoms with Crippen LogP contribution in [0.5, 0.6) is 0 Å². The number of rotatable bonds is 4. The molecule has 21 heavy (non-hydrogen) atoms. The molecule has 3 aromatic rings. The van der Waals surface area contributed by atoms with Crippen LogP contribution in [0.2, 0.25) is 0 Å². The number of benzene rings is 1. The van der Waals surface area contributed by atoms with Crippen LogP contribution in [0.25, 0.3) is 10.9 Å². The highest BCUT2D eigenvalue weighted by atomic mass is 16.3. The van der Waals surface area contributed by atoms with Gasteiger partial charge in [0.2, 0.25) is 0 Å². The molecule has 3 rings (SSSR count). The summed E-state index contributed by atoms with van der Waals surface area (Å²) in [6, 6.07) is 9.92. The molecule has 0 bridgehead atoms. The quantitative estimate of drug-likeness (QED) is 0.796. The number of nitrogens with zero attached hydrogens (tertiary/aromatic N) is 4. The van der Waals surface area contributed by atoms with Gasteiger partial charge in [-0.15, -0.1) is 0 Å². The third-order valence-electron chi connectivity index (χ3n) is 3.61. The lowest BCUT2D eigenvalue weighted by Crippen LogP contribution is -2.21. The minimum Gasteiger partial charge on any atom is -0.392 e. The number of para-hydroxylation sites is 1. The SMILES string of the molecule is CN(Cc1nccn1C)c1nc2ccccc2cc1CO. The number of imidazole rings is 1. The molecule has 0 fully saturated rings. The minimum atomic E-state index is -0.0297. The Morgan fingerprint density at radius 3 is 2.81 bits per heavy atom. The molecule has 0 aliphatic heterocycles. The van der Waals surface area contributed by atoms with Gasteiger partial charge in [-0.2, -0.15) is 0 Å². The molecule has 1 aromatic carbocycles. The number of aromatic nitrogens is 3. The Labute approximate surface area is 123 Å². The molecule has 2 aromatic heterocycles. The van der Waals surface area contributed by atoms with Crippen LogP contribution in [-0.4, -0.2) is 26.7 Å². The summed E-state index contributed by atoms with van der Waals surface area (Å²) in [7, 11) is 3.93. The molecule has 0 radical (unpaired) electrons. The molecule has 0 aliphatic carbocycles. The number of hydrogen-bond acceptors (Lipinski definition) is 4. The lowest BCUT2D eigenvalue weighted by Gasteiger charge is -2.21. The van der Waals surface area contributed by atoms with Gasteiger partial charge >= 0.3 is 0 Å². The van der Waals surface area contributed by atoms with E-state index in [1.807, 2.05) is 60.1 Å². The van der Waals surface area contributed by atoms with Crippen molar-refractivity contribution in [3.63, 3.8) is 0 Å². The Hall–Kier alpha value is -2.40. The Morgan fingerprint density at radius 2 is 2.10 bits per heavy atom. The van der Waals surface area contributed by atoms with Gasteiger partial charge in [0.15, 0.2) is 0 Å². The number of aryl methyl sites for hydroxylation is 1. The van der Waals surface area contributed by atoms with Crippen LogP contribution in [0.4, 0.5) is 5.82 Å². The molecule has 108 valence electrons. The van der Waals surface area contributed by atoms with E-state index in [-0.39, 0.29) is 6.61 Å².